The van der Waals surface area contributed by atoms with Gasteiger partial charge < -0.3 is 20.9 Å². The molecule has 7 nitrogen and oxygen atoms in total. The minimum atomic E-state index is -0.189. The highest BCUT2D eigenvalue weighted by molar-refractivity contribution is 5.92. The van der Waals surface area contributed by atoms with Crippen LogP contribution in [0, 0.1) is 5.92 Å². The van der Waals surface area contributed by atoms with E-state index in [4.69, 9.17) is 10.3 Å². The molecule has 1 aliphatic rings. The second kappa shape index (κ2) is 10.5. The lowest BCUT2D eigenvalue weighted by atomic mass is 9.80. The van der Waals surface area contributed by atoms with E-state index in [0.29, 0.717) is 30.2 Å². The number of hydrogen-bond acceptors (Lipinski definition) is 5. The van der Waals surface area contributed by atoms with Crippen LogP contribution in [0.2, 0.25) is 0 Å². The summed E-state index contributed by atoms with van der Waals surface area (Å²) in [6.45, 7) is 5.90. The van der Waals surface area contributed by atoms with Crippen LogP contribution in [0.1, 0.15) is 69.1 Å². The Labute approximate surface area is 161 Å². The molecule has 0 unspecified atom stereocenters. The zero-order valence-corrected chi connectivity index (χ0v) is 16.6. The average molecular weight is 387 g/mol. The molecular formula is C18H31ClN4O3. The van der Waals surface area contributed by atoms with Crippen molar-refractivity contribution in [3.8, 4) is 0 Å². The highest BCUT2D eigenvalue weighted by Crippen LogP contribution is 2.27. The summed E-state index contributed by atoms with van der Waals surface area (Å²) in [4.78, 5) is 24.3. The van der Waals surface area contributed by atoms with E-state index in [1.54, 1.807) is 6.07 Å². The molecule has 0 aromatic carbocycles. The van der Waals surface area contributed by atoms with Gasteiger partial charge in [-0.3, -0.25) is 9.59 Å². The van der Waals surface area contributed by atoms with E-state index in [9.17, 15) is 9.59 Å². The Bertz CT molecular complexity index is 591. The molecule has 2 amide bonds. The maximum absolute atomic E-state index is 12.4. The normalized spacial score (nSPS) is 23.6. The van der Waals surface area contributed by atoms with E-state index in [1.807, 2.05) is 13.8 Å². The molecule has 1 aromatic heterocycles. The summed E-state index contributed by atoms with van der Waals surface area (Å²) in [5.74, 6) is 0.854. The van der Waals surface area contributed by atoms with Crippen molar-refractivity contribution in [3.63, 3.8) is 0 Å². The standard InChI is InChI=1S/C18H30N4O3.ClH/c1-4-12-9-13(20-17(23)8-11(3)19)6-7-15(12)21-18(24)16-10-14(5-2)25-22-16;/h10-13,15H,4-9,19H2,1-3H3,(H,20,23)(H,21,24);1H/t11-,12-,13+,15+;/m1./s1. The fourth-order valence-corrected chi connectivity index (χ4v) is 3.44. The quantitative estimate of drug-likeness (QED) is 0.665. The fourth-order valence-electron chi connectivity index (χ4n) is 3.44. The number of aryl methyl sites for hydroxylation is 1. The van der Waals surface area contributed by atoms with Crippen molar-refractivity contribution >= 4 is 24.2 Å². The number of halogens is 1. The maximum atomic E-state index is 12.4. The number of nitrogens with zero attached hydrogens (tertiary/aromatic N) is 1. The molecule has 1 aliphatic carbocycles. The average Bonchev–Trinajstić information content (AvgIpc) is 3.04. The van der Waals surface area contributed by atoms with Gasteiger partial charge in [0.2, 0.25) is 5.91 Å². The van der Waals surface area contributed by atoms with Gasteiger partial charge in [-0.15, -0.1) is 12.4 Å². The number of rotatable bonds is 7. The van der Waals surface area contributed by atoms with E-state index in [1.165, 1.54) is 0 Å². The van der Waals surface area contributed by atoms with Crippen LogP contribution in [0.4, 0.5) is 0 Å². The van der Waals surface area contributed by atoms with E-state index >= 15 is 0 Å². The van der Waals surface area contributed by atoms with Crippen molar-refractivity contribution in [1.29, 1.82) is 0 Å². The largest absolute Gasteiger partial charge is 0.361 e. The third kappa shape index (κ3) is 6.29. The molecule has 0 radical (unpaired) electrons. The van der Waals surface area contributed by atoms with Gasteiger partial charge in [-0.1, -0.05) is 25.4 Å². The number of carbonyl (C=O) groups excluding carboxylic acids is 2. The molecule has 0 saturated heterocycles. The number of hydrogen-bond donors (Lipinski definition) is 3. The first-order chi connectivity index (χ1) is 11.9. The molecule has 1 heterocycles. The third-order valence-electron chi connectivity index (χ3n) is 4.84. The first-order valence-electron chi connectivity index (χ1n) is 9.24. The third-order valence-corrected chi connectivity index (χ3v) is 4.84. The Balaban J connectivity index is 0.00000338. The number of carbonyl (C=O) groups is 2. The SMILES string of the molecule is CCc1cc(C(=O)N[C@H]2CC[C@H](NC(=O)C[C@@H](C)N)C[C@H]2CC)no1.Cl. The Morgan fingerprint density at radius 3 is 2.65 bits per heavy atom. The Hall–Kier alpha value is -1.60. The van der Waals surface area contributed by atoms with Gasteiger partial charge in [0, 0.05) is 37.0 Å². The predicted octanol–water partition coefficient (Wildman–Crippen LogP) is 2.19. The minimum absolute atomic E-state index is 0. The molecule has 1 fully saturated rings. The molecule has 4 N–H and O–H groups in total. The molecule has 1 saturated carbocycles. The van der Waals surface area contributed by atoms with Crippen LogP contribution in [0.25, 0.3) is 0 Å². The number of aromatic nitrogens is 1. The van der Waals surface area contributed by atoms with E-state index in [2.05, 4.69) is 22.7 Å². The van der Waals surface area contributed by atoms with Crippen molar-refractivity contribution in [1.82, 2.24) is 15.8 Å². The molecule has 26 heavy (non-hydrogen) atoms. The maximum Gasteiger partial charge on any atom is 0.273 e. The molecular weight excluding hydrogens is 356 g/mol. The van der Waals surface area contributed by atoms with Gasteiger partial charge in [0.25, 0.3) is 5.91 Å². The molecule has 4 atom stereocenters. The van der Waals surface area contributed by atoms with Crippen molar-refractivity contribution in [2.45, 2.75) is 77.4 Å². The molecule has 8 heteroatoms. The van der Waals surface area contributed by atoms with Gasteiger partial charge in [0.1, 0.15) is 5.76 Å². The van der Waals surface area contributed by atoms with Crippen LogP contribution in [0.5, 0.6) is 0 Å². The highest BCUT2D eigenvalue weighted by atomic mass is 35.5. The molecule has 0 aliphatic heterocycles. The smallest absolute Gasteiger partial charge is 0.273 e. The van der Waals surface area contributed by atoms with Crippen LogP contribution in [0.15, 0.2) is 10.6 Å². The summed E-state index contributed by atoms with van der Waals surface area (Å²) in [7, 11) is 0. The van der Waals surface area contributed by atoms with Crippen LogP contribution in [-0.2, 0) is 11.2 Å². The van der Waals surface area contributed by atoms with Gasteiger partial charge in [0.05, 0.1) is 0 Å². The zero-order chi connectivity index (χ0) is 18.4. The summed E-state index contributed by atoms with van der Waals surface area (Å²) < 4.78 is 5.10. The summed E-state index contributed by atoms with van der Waals surface area (Å²) >= 11 is 0. The predicted molar refractivity (Wildman–Crippen MR) is 102 cm³/mol. The second-order valence-electron chi connectivity index (χ2n) is 7.04. The minimum Gasteiger partial charge on any atom is -0.361 e. The Morgan fingerprint density at radius 1 is 1.35 bits per heavy atom. The Kier molecular flexibility index (Phi) is 9.08. The lowest BCUT2D eigenvalue weighted by Gasteiger charge is -2.36. The monoisotopic (exact) mass is 386 g/mol. The van der Waals surface area contributed by atoms with Crippen LogP contribution in [-0.4, -0.2) is 35.1 Å². The van der Waals surface area contributed by atoms with E-state index < -0.39 is 0 Å². The summed E-state index contributed by atoms with van der Waals surface area (Å²) in [5, 5.41) is 9.99. The highest BCUT2D eigenvalue weighted by Gasteiger charge is 2.31. The van der Waals surface area contributed by atoms with E-state index in [0.717, 1.165) is 25.7 Å². The summed E-state index contributed by atoms with van der Waals surface area (Å²) in [5.41, 5.74) is 6.01. The van der Waals surface area contributed by atoms with Crippen LogP contribution < -0.4 is 16.4 Å². The lowest BCUT2D eigenvalue weighted by molar-refractivity contribution is -0.122. The number of nitrogens with one attached hydrogen (secondary N) is 2. The molecule has 148 valence electrons. The van der Waals surface area contributed by atoms with Gasteiger partial charge in [0.15, 0.2) is 5.69 Å². The summed E-state index contributed by atoms with van der Waals surface area (Å²) in [6.07, 6.45) is 4.56. The van der Waals surface area contributed by atoms with Gasteiger partial charge >= 0.3 is 0 Å². The molecule has 1 aromatic rings. The van der Waals surface area contributed by atoms with Gasteiger partial charge in [-0.2, -0.15) is 0 Å². The topological polar surface area (TPSA) is 110 Å². The molecule has 2 rings (SSSR count). The summed E-state index contributed by atoms with van der Waals surface area (Å²) in [6, 6.07) is 1.81. The zero-order valence-electron chi connectivity index (χ0n) is 15.8. The van der Waals surface area contributed by atoms with Gasteiger partial charge in [-0.25, -0.2) is 0 Å². The van der Waals surface area contributed by atoms with E-state index in [-0.39, 0.29) is 42.3 Å². The first-order valence-corrected chi connectivity index (χ1v) is 9.24. The molecule has 0 bridgehead atoms. The van der Waals surface area contributed by atoms with Crippen molar-refractivity contribution in [2.75, 3.05) is 0 Å². The van der Waals surface area contributed by atoms with Crippen molar-refractivity contribution in [3.05, 3.63) is 17.5 Å². The first kappa shape index (κ1) is 22.4. The van der Waals surface area contributed by atoms with Crippen LogP contribution >= 0.6 is 12.4 Å². The fraction of sp³-hybridized carbons (Fsp3) is 0.722. The van der Waals surface area contributed by atoms with Gasteiger partial charge in [-0.05, 0) is 32.1 Å². The molecule has 0 spiro atoms. The lowest BCUT2D eigenvalue weighted by Crippen LogP contribution is -2.49. The second-order valence-corrected chi connectivity index (χ2v) is 7.04. The van der Waals surface area contributed by atoms with Crippen molar-refractivity contribution in [2.24, 2.45) is 11.7 Å². The number of amides is 2. The number of nitrogens with two attached hydrogens (primary N) is 1. The Morgan fingerprint density at radius 2 is 2.08 bits per heavy atom. The van der Waals surface area contributed by atoms with Crippen LogP contribution in [0.3, 0.4) is 0 Å². The van der Waals surface area contributed by atoms with Crippen molar-refractivity contribution < 1.29 is 14.1 Å².